The van der Waals surface area contributed by atoms with Gasteiger partial charge in [-0.15, -0.1) is 0 Å². The van der Waals surface area contributed by atoms with E-state index in [2.05, 4.69) is 41.7 Å². The van der Waals surface area contributed by atoms with Crippen LogP contribution in [-0.2, 0) is 26.2 Å². The molecule has 3 unspecified atom stereocenters. The van der Waals surface area contributed by atoms with Gasteiger partial charge in [0.05, 0.1) is 6.10 Å². The summed E-state index contributed by atoms with van der Waals surface area (Å²) in [4.78, 5) is 0. The van der Waals surface area contributed by atoms with Crippen LogP contribution in [0.15, 0.2) is 133 Å². The highest BCUT2D eigenvalue weighted by Gasteiger charge is 2.30. The van der Waals surface area contributed by atoms with Crippen LogP contribution in [0, 0.1) is 0 Å². The van der Waals surface area contributed by atoms with Crippen LogP contribution in [-0.4, -0.2) is 17.2 Å². The Bertz CT molecular complexity index is 1590. The summed E-state index contributed by atoms with van der Waals surface area (Å²) in [6.07, 6.45) is 3.31. The summed E-state index contributed by atoms with van der Waals surface area (Å²) < 4.78 is 18.4. The standard InChI is InChI=1S/C40H41NO4/c42-40(37-24-21-35(41-37)20-16-30-17-22-36(23-18-30)43-27-31-10-4-1-5-11-31)34-19-25-38(44-28-32-12-6-2-7-13-32)39(26-34)45-29-33-14-8-3-9-15-33/h1-15,17-19,22-23,25-26,35,37,40-42H,16,20-21,24,27-29H2. The predicted molar refractivity (Wildman–Crippen MR) is 178 cm³/mol. The first-order valence-corrected chi connectivity index (χ1v) is 15.9. The average molecular weight is 600 g/mol. The van der Waals surface area contributed by atoms with E-state index in [1.54, 1.807) is 0 Å². The van der Waals surface area contributed by atoms with Crippen molar-refractivity contribution in [3.05, 3.63) is 161 Å². The lowest BCUT2D eigenvalue weighted by atomic mass is 10.00. The lowest BCUT2D eigenvalue weighted by molar-refractivity contribution is 0.134. The number of ether oxygens (including phenoxy) is 3. The van der Waals surface area contributed by atoms with Gasteiger partial charge in [0.15, 0.2) is 11.5 Å². The van der Waals surface area contributed by atoms with E-state index in [1.807, 2.05) is 97.1 Å². The zero-order valence-electron chi connectivity index (χ0n) is 25.6. The zero-order valence-corrected chi connectivity index (χ0v) is 25.6. The molecule has 1 aliphatic heterocycles. The van der Waals surface area contributed by atoms with Gasteiger partial charge in [0, 0.05) is 12.1 Å². The number of benzene rings is 5. The summed E-state index contributed by atoms with van der Waals surface area (Å²) in [5.74, 6) is 2.19. The van der Waals surface area contributed by atoms with Gasteiger partial charge < -0.3 is 24.6 Å². The molecule has 3 atom stereocenters. The van der Waals surface area contributed by atoms with Crippen molar-refractivity contribution in [2.24, 2.45) is 0 Å². The van der Waals surface area contributed by atoms with E-state index in [0.717, 1.165) is 53.7 Å². The van der Waals surface area contributed by atoms with Crippen molar-refractivity contribution in [1.82, 2.24) is 5.32 Å². The molecule has 1 aliphatic rings. The molecule has 5 nitrogen and oxygen atoms in total. The SMILES string of the molecule is OC(c1ccc(OCc2ccccc2)c(OCc2ccccc2)c1)C1CCC(CCc2ccc(OCc3ccccc3)cc2)N1. The Kier molecular flexibility index (Phi) is 10.4. The Balaban J connectivity index is 1.03. The molecule has 5 aromatic carbocycles. The van der Waals surface area contributed by atoms with Gasteiger partial charge >= 0.3 is 0 Å². The molecule has 230 valence electrons. The molecule has 1 heterocycles. The zero-order chi connectivity index (χ0) is 30.7. The van der Waals surface area contributed by atoms with Crippen LogP contribution >= 0.6 is 0 Å². The molecule has 0 spiro atoms. The molecule has 0 saturated carbocycles. The predicted octanol–water partition coefficient (Wildman–Crippen LogP) is 8.21. The highest BCUT2D eigenvalue weighted by atomic mass is 16.5. The number of aliphatic hydroxyl groups excluding tert-OH is 1. The summed E-state index contributed by atoms with van der Waals surface area (Å²) in [7, 11) is 0. The summed E-state index contributed by atoms with van der Waals surface area (Å²) in [6.45, 7) is 1.44. The second kappa shape index (κ2) is 15.4. The van der Waals surface area contributed by atoms with Crippen molar-refractivity contribution in [3.63, 3.8) is 0 Å². The van der Waals surface area contributed by atoms with Crippen molar-refractivity contribution < 1.29 is 19.3 Å². The molecule has 0 aromatic heterocycles. The Morgan fingerprint density at radius 3 is 1.73 bits per heavy atom. The molecular weight excluding hydrogens is 558 g/mol. The van der Waals surface area contributed by atoms with Crippen LogP contribution in [0.2, 0.25) is 0 Å². The van der Waals surface area contributed by atoms with Gasteiger partial charge in [0.1, 0.15) is 25.6 Å². The molecule has 2 N–H and O–H groups in total. The monoisotopic (exact) mass is 599 g/mol. The number of aryl methyl sites for hydroxylation is 1. The number of hydrogen-bond donors (Lipinski definition) is 2. The van der Waals surface area contributed by atoms with Gasteiger partial charge in [0.2, 0.25) is 0 Å². The van der Waals surface area contributed by atoms with E-state index < -0.39 is 6.10 Å². The average Bonchev–Trinajstić information content (AvgIpc) is 3.59. The molecule has 1 saturated heterocycles. The maximum absolute atomic E-state index is 11.4. The van der Waals surface area contributed by atoms with Crippen molar-refractivity contribution in [3.8, 4) is 17.2 Å². The summed E-state index contributed by atoms with van der Waals surface area (Å²) >= 11 is 0. The van der Waals surface area contributed by atoms with Crippen molar-refractivity contribution >= 4 is 0 Å². The minimum atomic E-state index is -0.640. The summed E-state index contributed by atoms with van der Waals surface area (Å²) in [5.41, 5.74) is 5.44. The van der Waals surface area contributed by atoms with Crippen LogP contribution in [0.4, 0.5) is 0 Å². The van der Waals surface area contributed by atoms with E-state index in [9.17, 15) is 5.11 Å². The van der Waals surface area contributed by atoms with Crippen LogP contribution in [0.3, 0.4) is 0 Å². The van der Waals surface area contributed by atoms with Crippen LogP contribution in [0.1, 0.15) is 53.2 Å². The number of rotatable bonds is 14. The van der Waals surface area contributed by atoms with Crippen LogP contribution in [0.25, 0.3) is 0 Å². The first-order chi connectivity index (χ1) is 22.2. The Morgan fingerprint density at radius 1 is 0.578 bits per heavy atom. The Labute approximate surface area is 266 Å². The van der Waals surface area contributed by atoms with Crippen LogP contribution < -0.4 is 19.5 Å². The molecular formula is C40H41NO4. The molecule has 0 aliphatic carbocycles. The molecule has 5 aromatic rings. The van der Waals surface area contributed by atoms with Gasteiger partial charge in [-0.3, -0.25) is 0 Å². The van der Waals surface area contributed by atoms with Crippen molar-refractivity contribution in [2.45, 2.75) is 63.7 Å². The third-order valence-electron chi connectivity index (χ3n) is 8.39. The van der Waals surface area contributed by atoms with E-state index in [4.69, 9.17) is 14.2 Å². The lowest BCUT2D eigenvalue weighted by Crippen LogP contribution is -2.34. The molecule has 6 rings (SSSR count). The second-order valence-corrected chi connectivity index (χ2v) is 11.7. The third kappa shape index (κ3) is 8.75. The maximum atomic E-state index is 11.4. The second-order valence-electron chi connectivity index (χ2n) is 11.7. The summed E-state index contributed by atoms with van der Waals surface area (Å²) in [5, 5.41) is 15.1. The largest absolute Gasteiger partial charge is 0.489 e. The van der Waals surface area contributed by atoms with Gasteiger partial charge in [-0.1, -0.05) is 109 Å². The first kappa shape index (κ1) is 30.4. The van der Waals surface area contributed by atoms with E-state index >= 15 is 0 Å². The third-order valence-corrected chi connectivity index (χ3v) is 8.39. The summed E-state index contributed by atoms with van der Waals surface area (Å²) in [6, 6.07) is 45.0. The highest BCUT2D eigenvalue weighted by Crippen LogP contribution is 2.35. The maximum Gasteiger partial charge on any atom is 0.162 e. The highest BCUT2D eigenvalue weighted by molar-refractivity contribution is 5.44. The normalized spacial score (nSPS) is 16.6. The van der Waals surface area contributed by atoms with Gasteiger partial charge in [-0.25, -0.2) is 0 Å². The smallest absolute Gasteiger partial charge is 0.162 e. The quantitative estimate of drug-likeness (QED) is 0.135. The molecule has 0 radical (unpaired) electrons. The fourth-order valence-electron chi connectivity index (χ4n) is 5.80. The molecule has 45 heavy (non-hydrogen) atoms. The van der Waals surface area contributed by atoms with Crippen molar-refractivity contribution in [1.29, 1.82) is 0 Å². The lowest BCUT2D eigenvalue weighted by Gasteiger charge is -2.22. The fraction of sp³-hybridized carbons (Fsp3) is 0.250. The van der Waals surface area contributed by atoms with Gasteiger partial charge in [0.25, 0.3) is 0 Å². The number of aliphatic hydroxyl groups is 1. The Hall–Kier alpha value is -4.58. The number of nitrogens with one attached hydrogen (secondary N) is 1. The van der Waals surface area contributed by atoms with Gasteiger partial charge in [-0.05, 0) is 77.8 Å². The molecule has 0 bridgehead atoms. The van der Waals surface area contributed by atoms with Crippen LogP contribution in [0.5, 0.6) is 17.2 Å². The molecule has 1 fully saturated rings. The molecule has 0 amide bonds. The first-order valence-electron chi connectivity index (χ1n) is 15.9. The fourth-order valence-corrected chi connectivity index (χ4v) is 5.80. The van der Waals surface area contributed by atoms with Crippen molar-refractivity contribution in [2.75, 3.05) is 0 Å². The van der Waals surface area contributed by atoms with E-state index in [0.29, 0.717) is 37.4 Å². The topological polar surface area (TPSA) is 60.0 Å². The molecule has 5 heteroatoms. The van der Waals surface area contributed by atoms with Gasteiger partial charge in [-0.2, -0.15) is 0 Å². The number of hydrogen-bond acceptors (Lipinski definition) is 5. The van der Waals surface area contributed by atoms with E-state index in [-0.39, 0.29) is 6.04 Å². The minimum Gasteiger partial charge on any atom is -0.489 e. The van der Waals surface area contributed by atoms with E-state index in [1.165, 1.54) is 5.56 Å². The Morgan fingerprint density at radius 2 is 1.13 bits per heavy atom. The minimum absolute atomic E-state index is 0.0122.